The van der Waals surface area contributed by atoms with E-state index in [2.05, 4.69) is 32.5 Å². The van der Waals surface area contributed by atoms with Crippen molar-refractivity contribution in [1.82, 2.24) is 15.0 Å². The molecule has 0 unspecified atom stereocenters. The smallest absolute Gasteiger partial charge is 0.228 e. The van der Waals surface area contributed by atoms with E-state index in [9.17, 15) is 5.11 Å². The molecule has 3 N–H and O–H groups in total. The number of hydrogen-bond acceptors (Lipinski definition) is 6. The monoisotopic (exact) mass is 299 g/mol. The lowest BCUT2D eigenvalue weighted by Crippen LogP contribution is -2.24. The van der Waals surface area contributed by atoms with E-state index in [0.29, 0.717) is 17.8 Å². The van der Waals surface area contributed by atoms with Gasteiger partial charge in [0.05, 0.1) is 6.10 Å². The number of rotatable bonds is 6. The minimum atomic E-state index is -0.122. The fraction of sp³-hybridized carbons (Fsp3) is 0.769. The number of nitrogens with one attached hydrogen (secondary N) is 2. The fourth-order valence-corrected chi connectivity index (χ4v) is 2.49. The summed E-state index contributed by atoms with van der Waals surface area (Å²) in [6.07, 6.45) is 4.71. The summed E-state index contributed by atoms with van der Waals surface area (Å²) in [6.45, 7) is 3.69. The van der Waals surface area contributed by atoms with Crippen LogP contribution in [0.4, 0.5) is 11.9 Å². The summed E-state index contributed by atoms with van der Waals surface area (Å²) in [5.74, 6) is 1.57. The van der Waals surface area contributed by atoms with Gasteiger partial charge in [-0.3, -0.25) is 0 Å². The second-order valence-corrected chi connectivity index (χ2v) is 5.57. The molecule has 2 rings (SSSR count). The Balaban J connectivity index is 1.87. The van der Waals surface area contributed by atoms with E-state index in [-0.39, 0.29) is 11.4 Å². The molecule has 7 heteroatoms. The molecule has 0 bridgehead atoms. The topological polar surface area (TPSA) is 83.0 Å². The van der Waals surface area contributed by atoms with Gasteiger partial charge in [-0.25, -0.2) is 0 Å². The molecule has 1 aromatic heterocycles. The van der Waals surface area contributed by atoms with Crippen molar-refractivity contribution < 1.29 is 5.11 Å². The second-order valence-electron chi connectivity index (χ2n) is 5.23. The highest BCUT2D eigenvalue weighted by Gasteiger charge is 2.19. The van der Waals surface area contributed by atoms with Crippen molar-refractivity contribution in [3.05, 3.63) is 5.28 Å². The van der Waals surface area contributed by atoms with Gasteiger partial charge in [0.2, 0.25) is 17.2 Å². The van der Waals surface area contributed by atoms with Crippen LogP contribution in [0.3, 0.4) is 0 Å². The molecule has 0 aliphatic heterocycles. The van der Waals surface area contributed by atoms with Crippen molar-refractivity contribution in [2.24, 2.45) is 5.92 Å². The normalized spacial score (nSPS) is 22.6. The maximum atomic E-state index is 9.49. The molecule has 1 aliphatic rings. The predicted molar refractivity (Wildman–Crippen MR) is 80.1 cm³/mol. The standard InChI is InChI=1S/C13H22ClN5O/c1-2-7-15-12-17-11(14)18-13(19-12)16-8-9-3-5-10(20)6-4-9/h9-10,20H,2-8H2,1H3,(H2,15,16,17,18,19). The maximum absolute atomic E-state index is 9.49. The van der Waals surface area contributed by atoms with Crippen LogP contribution in [0.5, 0.6) is 0 Å². The lowest BCUT2D eigenvalue weighted by Gasteiger charge is -2.25. The Morgan fingerprint density at radius 3 is 2.40 bits per heavy atom. The van der Waals surface area contributed by atoms with Gasteiger partial charge in [0.1, 0.15) is 0 Å². The first-order chi connectivity index (χ1) is 9.67. The summed E-state index contributed by atoms with van der Waals surface area (Å²) < 4.78 is 0. The van der Waals surface area contributed by atoms with Crippen LogP contribution in [-0.4, -0.2) is 39.3 Å². The molecule has 0 radical (unpaired) electrons. The van der Waals surface area contributed by atoms with Crippen molar-refractivity contribution in [3.8, 4) is 0 Å². The molecule has 0 saturated heterocycles. The molecule has 1 heterocycles. The van der Waals surface area contributed by atoms with Crippen molar-refractivity contribution in [2.45, 2.75) is 45.1 Å². The third kappa shape index (κ3) is 4.76. The Hall–Kier alpha value is -1.14. The van der Waals surface area contributed by atoms with E-state index < -0.39 is 0 Å². The van der Waals surface area contributed by atoms with Gasteiger partial charge >= 0.3 is 0 Å². The fourth-order valence-electron chi connectivity index (χ4n) is 2.33. The lowest BCUT2D eigenvalue weighted by molar-refractivity contribution is 0.111. The number of anilines is 2. The maximum Gasteiger partial charge on any atom is 0.228 e. The van der Waals surface area contributed by atoms with Crippen LogP contribution in [0.2, 0.25) is 5.28 Å². The SMILES string of the molecule is CCCNc1nc(Cl)nc(NCC2CCC(O)CC2)n1. The van der Waals surface area contributed by atoms with E-state index in [1.807, 2.05) is 0 Å². The van der Waals surface area contributed by atoms with Crippen LogP contribution in [-0.2, 0) is 0 Å². The number of halogens is 1. The van der Waals surface area contributed by atoms with Gasteiger partial charge in [0.15, 0.2) is 0 Å². The number of aliphatic hydroxyl groups is 1. The van der Waals surface area contributed by atoms with Gasteiger partial charge in [-0.1, -0.05) is 6.92 Å². The Morgan fingerprint density at radius 1 is 1.10 bits per heavy atom. The third-order valence-electron chi connectivity index (χ3n) is 3.51. The summed E-state index contributed by atoms with van der Waals surface area (Å²) in [5.41, 5.74) is 0. The summed E-state index contributed by atoms with van der Waals surface area (Å²) >= 11 is 5.89. The van der Waals surface area contributed by atoms with Gasteiger partial charge < -0.3 is 15.7 Å². The Morgan fingerprint density at radius 2 is 1.75 bits per heavy atom. The van der Waals surface area contributed by atoms with E-state index in [1.54, 1.807) is 0 Å². The first kappa shape index (κ1) is 15.3. The predicted octanol–water partition coefficient (Wildman–Crippen LogP) is 2.31. The Labute approximate surface area is 124 Å². The lowest BCUT2D eigenvalue weighted by atomic mass is 9.87. The molecular weight excluding hydrogens is 278 g/mol. The molecule has 112 valence electrons. The third-order valence-corrected chi connectivity index (χ3v) is 3.68. The van der Waals surface area contributed by atoms with Gasteiger partial charge in [-0.2, -0.15) is 15.0 Å². The van der Waals surface area contributed by atoms with Crippen LogP contribution in [0, 0.1) is 5.92 Å². The van der Waals surface area contributed by atoms with Crippen LogP contribution in [0.25, 0.3) is 0 Å². The first-order valence-corrected chi connectivity index (χ1v) is 7.62. The molecule has 20 heavy (non-hydrogen) atoms. The largest absolute Gasteiger partial charge is 0.393 e. The summed E-state index contributed by atoms with van der Waals surface area (Å²) in [4.78, 5) is 12.4. The number of aromatic nitrogens is 3. The highest BCUT2D eigenvalue weighted by molar-refractivity contribution is 6.28. The summed E-state index contributed by atoms with van der Waals surface area (Å²) in [6, 6.07) is 0. The molecule has 0 amide bonds. The summed E-state index contributed by atoms with van der Waals surface area (Å²) in [5, 5.41) is 16.0. The van der Waals surface area contributed by atoms with Gasteiger partial charge in [-0.05, 0) is 49.6 Å². The average Bonchev–Trinajstić information content (AvgIpc) is 2.44. The molecule has 6 nitrogen and oxygen atoms in total. The highest BCUT2D eigenvalue weighted by Crippen LogP contribution is 2.24. The van der Waals surface area contributed by atoms with E-state index in [1.165, 1.54) is 0 Å². The van der Waals surface area contributed by atoms with Crippen molar-refractivity contribution in [2.75, 3.05) is 23.7 Å². The molecule has 0 spiro atoms. The Kier molecular flexibility index (Phi) is 5.79. The molecular formula is C13H22ClN5O. The summed E-state index contributed by atoms with van der Waals surface area (Å²) in [7, 11) is 0. The van der Waals surface area contributed by atoms with Gasteiger partial charge in [0, 0.05) is 13.1 Å². The molecule has 1 aliphatic carbocycles. The second kappa shape index (κ2) is 7.59. The zero-order valence-electron chi connectivity index (χ0n) is 11.8. The zero-order chi connectivity index (χ0) is 14.4. The number of nitrogens with zero attached hydrogens (tertiary/aromatic N) is 3. The van der Waals surface area contributed by atoms with Crippen LogP contribution in [0.15, 0.2) is 0 Å². The van der Waals surface area contributed by atoms with Crippen molar-refractivity contribution >= 4 is 23.5 Å². The highest BCUT2D eigenvalue weighted by atomic mass is 35.5. The van der Waals surface area contributed by atoms with E-state index in [0.717, 1.165) is 45.2 Å². The molecule has 1 saturated carbocycles. The minimum Gasteiger partial charge on any atom is -0.393 e. The first-order valence-electron chi connectivity index (χ1n) is 7.24. The zero-order valence-corrected chi connectivity index (χ0v) is 12.5. The van der Waals surface area contributed by atoms with Crippen LogP contribution < -0.4 is 10.6 Å². The average molecular weight is 300 g/mol. The van der Waals surface area contributed by atoms with Gasteiger partial charge in [-0.15, -0.1) is 0 Å². The number of aliphatic hydroxyl groups excluding tert-OH is 1. The van der Waals surface area contributed by atoms with E-state index >= 15 is 0 Å². The van der Waals surface area contributed by atoms with E-state index in [4.69, 9.17) is 11.6 Å². The minimum absolute atomic E-state index is 0.122. The van der Waals surface area contributed by atoms with Gasteiger partial charge in [0.25, 0.3) is 0 Å². The van der Waals surface area contributed by atoms with Crippen molar-refractivity contribution in [3.63, 3.8) is 0 Å². The molecule has 1 fully saturated rings. The number of hydrogen-bond donors (Lipinski definition) is 3. The quantitative estimate of drug-likeness (QED) is 0.748. The van der Waals surface area contributed by atoms with Crippen LogP contribution in [0.1, 0.15) is 39.0 Å². The Bertz CT molecular complexity index is 423. The van der Waals surface area contributed by atoms with Crippen LogP contribution >= 0.6 is 11.6 Å². The molecule has 0 atom stereocenters. The van der Waals surface area contributed by atoms with Crippen molar-refractivity contribution in [1.29, 1.82) is 0 Å². The molecule has 1 aromatic rings. The molecule has 0 aromatic carbocycles.